The fourth-order valence-corrected chi connectivity index (χ4v) is 4.59. The van der Waals surface area contributed by atoms with E-state index in [0.29, 0.717) is 11.3 Å². The van der Waals surface area contributed by atoms with Gasteiger partial charge in [0.1, 0.15) is 5.75 Å². The van der Waals surface area contributed by atoms with Crippen LogP contribution in [0.5, 0.6) is 5.75 Å². The zero-order valence-electron chi connectivity index (χ0n) is 21.0. The van der Waals surface area contributed by atoms with E-state index >= 15 is 0 Å². The van der Waals surface area contributed by atoms with Gasteiger partial charge in [-0.1, -0.05) is 0 Å². The summed E-state index contributed by atoms with van der Waals surface area (Å²) in [5, 5.41) is 21.4. The number of allylic oxidation sites excluding steroid dienone is 1. The van der Waals surface area contributed by atoms with Crippen molar-refractivity contribution in [3.05, 3.63) is 56.6 Å². The monoisotopic (exact) mass is 466 g/mol. The summed E-state index contributed by atoms with van der Waals surface area (Å²) in [4.78, 5) is 26.9. The predicted octanol–water partition coefficient (Wildman–Crippen LogP) is 4.21. The normalized spacial score (nSPS) is 14.1. The molecule has 0 aromatic heterocycles. The van der Waals surface area contributed by atoms with Gasteiger partial charge in [0.2, 0.25) is 0 Å². The van der Waals surface area contributed by atoms with Crippen LogP contribution in [0, 0.1) is 41.5 Å². The quantitative estimate of drug-likeness (QED) is 0.554. The molecule has 0 saturated carbocycles. The van der Waals surface area contributed by atoms with Crippen LogP contribution in [0.25, 0.3) is 11.1 Å². The molecule has 7 heteroatoms. The lowest BCUT2D eigenvalue weighted by Crippen LogP contribution is -2.38. The van der Waals surface area contributed by atoms with Crippen LogP contribution in [-0.2, 0) is 4.79 Å². The minimum Gasteiger partial charge on any atom is -0.410 e. The average Bonchev–Trinajstić information content (AvgIpc) is 3.14. The minimum atomic E-state index is -0.627. The van der Waals surface area contributed by atoms with Crippen LogP contribution in [0.4, 0.5) is 10.5 Å². The summed E-state index contributed by atoms with van der Waals surface area (Å²) in [5.41, 5.74) is 10.3. The molecule has 0 fully saturated rings. The van der Waals surface area contributed by atoms with Crippen molar-refractivity contribution in [3.63, 3.8) is 0 Å². The highest BCUT2D eigenvalue weighted by Gasteiger charge is 2.31. The van der Waals surface area contributed by atoms with E-state index in [1.807, 2.05) is 39.8 Å². The Labute approximate surface area is 201 Å². The second-order valence-electron chi connectivity index (χ2n) is 8.95. The standard InChI is InChI=1S/C27H34N2O5/c1-14-12-21(13-15(2)25(14)34-27(33)29(8-10-30)9-11-31)20(7)23-22-18(5)16(3)17(4)19(6)24(22)28-26(23)32/h12-13,30-31H,8-11H2,1-7H3,(H,28,32)/b23-20-. The molecule has 3 rings (SSSR count). The minimum absolute atomic E-state index is 0.0763. The molecule has 0 spiro atoms. The Bertz CT molecular complexity index is 1170. The van der Waals surface area contributed by atoms with E-state index < -0.39 is 6.09 Å². The van der Waals surface area contributed by atoms with Crippen LogP contribution in [0.15, 0.2) is 12.1 Å². The number of hydrogen-bond donors (Lipinski definition) is 3. The largest absolute Gasteiger partial charge is 0.415 e. The van der Waals surface area contributed by atoms with Crippen molar-refractivity contribution in [1.82, 2.24) is 4.90 Å². The van der Waals surface area contributed by atoms with Gasteiger partial charge in [0, 0.05) is 18.7 Å². The van der Waals surface area contributed by atoms with E-state index in [1.54, 1.807) is 0 Å². The average molecular weight is 467 g/mol. The Balaban J connectivity index is 2.05. The molecule has 0 bridgehead atoms. The van der Waals surface area contributed by atoms with Gasteiger partial charge < -0.3 is 25.2 Å². The van der Waals surface area contributed by atoms with Crippen LogP contribution >= 0.6 is 0 Å². The highest BCUT2D eigenvalue weighted by molar-refractivity contribution is 6.37. The molecule has 1 heterocycles. The molecule has 1 aliphatic rings. The van der Waals surface area contributed by atoms with Gasteiger partial charge in [0.05, 0.1) is 24.5 Å². The third-order valence-electron chi connectivity index (χ3n) is 6.86. The number of aliphatic hydroxyl groups is 2. The van der Waals surface area contributed by atoms with Gasteiger partial charge in [0.25, 0.3) is 5.91 Å². The van der Waals surface area contributed by atoms with E-state index in [2.05, 4.69) is 26.1 Å². The molecule has 2 amide bonds. The summed E-state index contributed by atoms with van der Waals surface area (Å²) >= 11 is 0. The van der Waals surface area contributed by atoms with Crippen molar-refractivity contribution >= 4 is 28.8 Å². The molecule has 2 aromatic rings. The number of nitrogens with one attached hydrogen (secondary N) is 1. The van der Waals surface area contributed by atoms with Gasteiger partial charge in [-0.15, -0.1) is 0 Å². The van der Waals surface area contributed by atoms with E-state index in [0.717, 1.165) is 44.6 Å². The van der Waals surface area contributed by atoms with Crippen molar-refractivity contribution in [2.45, 2.75) is 48.5 Å². The van der Waals surface area contributed by atoms with Crippen LogP contribution in [0.1, 0.15) is 51.4 Å². The molecule has 182 valence electrons. The molecule has 0 saturated heterocycles. The predicted molar refractivity (Wildman–Crippen MR) is 134 cm³/mol. The Morgan fingerprint density at radius 3 is 1.97 bits per heavy atom. The van der Waals surface area contributed by atoms with Gasteiger partial charge in [-0.2, -0.15) is 0 Å². The van der Waals surface area contributed by atoms with Crippen molar-refractivity contribution in [2.24, 2.45) is 0 Å². The van der Waals surface area contributed by atoms with E-state index in [4.69, 9.17) is 4.74 Å². The maximum atomic E-state index is 13.1. The lowest BCUT2D eigenvalue weighted by Gasteiger charge is -2.22. The Morgan fingerprint density at radius 2 is 1.44 bits per heavy atom. The summed E-state index contributed by atoms with van der Waals surface area (Å²) < 4.78 is 5.61. The first-order valence-corrected chi connectivity index (χ1v) is 11.5. The molecule has 7 nitrogen and oxygen atoms in total. The Hall–Kier alpha value is -3.16. The van der Waals surface area contributed by atoms with Crippen LogP contribution in [0.3, 0.4) is 0 Å². The van der Waals surface area contributed by atoms with Crippen molar-refractivity contribution in [3.8, 4) is 5.75 Å². The zero-order valence-corrected chi connectivity index (χ0v) is 21.0. The van der Waals surface area contributed by atoms with Gasteiger partial charge in [-0.25, -0.2) is 4.79 Å². The fraction of sp³-hybridized carbons (Fsp3) is 0.407. The summed E-state index contributed by atoms with van der Waals surface area (Å²) in [5.74, 6) is 0.320. The molecule has 2 aromatic carbocycles. The molecule has 0 radical (unpaired) electrons. The molecule has 1 aliphatic heterocycles. The molecular weight excluding hydrogens is 432 g/mol. The second kappa shape index (κ2) is 9.99. The number of anilines is 1. The summed E-state index contributed by atoms with van der Waals surface area (Å²) in [6.45, 7) is 13.6. The maximum absolute atomic E-state index is 13.1. The molecule has 0 aliphatic carbocycles. The van der Waals surface area contributed by atoms with Gasteiger partial charge >= 0.3 is 6.09 Å². The number of carbonyl (C=O) groups excluding carboxylic acids is 2. The zero-order chi connectivity index (χ0) is 25.3. The topological polar surface area (TPSA) is 99.1 Å². The number of aliphatic hydroxyl groups excluding tert-OH is 2. The number of hydrogen-bond acceptors (Lipinski definition) is 5. The SMILES string of the molecule is C/C(=C1/C(=O)Nc2c(C)c(C)c(C)c(C)c21)c1cc(C)c(OC(=O)N(CCO)CCO)c(C)c1. The lowest BCUT2D eigenvalue weighted by molar-refractivity contribution is -0.110. The maximum Gasteiger partial charge on any atom is 0.415 e. The highest BCUT2D eigenvalue weighted by Crippen LogP contribution is 2.44. The van der Waals surface area contributed by atoms with Crippen molar-refractivity contribution in [1.29, 1.82) is 0 Å². The number of benzene rings is 2. The molecule has 0 unspecified atom stereocenters. The molecular formula is C27H34N2O5. The van der Waals surface area contributed by atoms with Crippen LogP contribution in [0.2, 0.25) is 0 Å². The first-order valence-electron chi connectivity index (χ1n) is 11.5. The second-order valence-corrected chi connectivity index (χ2v) is 8.95. The van der Waals surface area contributed by atoms with Gasteiger partial charge in [-0.05, 0) is 105 Å². The van der Waals surface area contributed by atoms with E-state index in [9.17, 15) is 19.8 Å². The molecule has 3 N–H and O–H groups in total. The number of fused-ring (bicyclic) bond motifs is 1. The fourth-order valence-electron chi connectivity index (χ4n) is 4.59. The summed E-state index contributed by atoms with van der Waals surface area (Å²) in [6, 6.07) is 3.82. The number of rotatable bonds is 6. The number of nitrogens with zero attached hydrogens (tertiary/aromatic N) is 1. The third-order valence-corrected chi connectivity index (χ3v) is 6.86. The Kier molecular flexibility index (Phi) is 7.48. The molecule has 34 heavy (non-hydrogen) atoms. The van der Waals surface area contributed by atoms with Gasteiger partial charge in [-0.3, -0.25) is 4.79 Å². The number of amides is 2. The van der Waals surface area contributed by atoms with Crippen molar-refractivity contribution < 1.29 is 24.5 Å². The van der Waals surface area contributed by atoms with E-state index in [1.165, 1.54) is 16.0 Å². The number of ether oxygens (including phenoxy) is 1. The van der Waals surface area contributed by atoms with Crippen LogP contribution in [-0.4, -0.2) is 53.4 Å². The smallest absolute Gasteiger partial charge is 0.410 e. The Morgan fingerprint density at radius 1 is 0.912 bits per heavy atom. The summed E-state index contributed by atoms with van der Waals surface area (Å²) in [7, 11) is 0. The highest BCUT2D eigenvalue weighted by atomic mass is 16.6. The lowest BCUT2D eigenvalue weighted by atomic mass is 9.87. The van der Waals surface area contributed by atoms with E-state index in [-0.39, 0.29) is 32.2 Å². The first kappa shape index (κ1) is 25.5. The number of carbonyl (C=O) groups is 2. The third kappa shape index (κ3) is 4.45. The molecule has 0 atom stereocenters. The van der Waals surface area contributed by atoms with Crippen LogP contribution < -0.4 is 10.1 Å². The van der Waals surface area contributed by atoms with Gasteiger partial charge in [0.15, 0.2) is 0 Å². The number of aryl methyl sites for hydroxylation is 2. The summed E-state index contributed by atoms with van der Waals surface area (Å²) in [6.07, 6.45) is -0.627. The van der Waals surface area contributed by atoms with Crippen molar-refractivity contribution in [2.75, 3.05) is 31.6 Å². The first-order chi connectivity index (χ1) is 16.0.